The Balaban J connectivity index is 1.54. The largest absolute Gasteiger partial charge is 0.302 e. The van der Waals surface area contributed by atoms with Gasteiger partial charge in [-0.2, -0.15) is 0 Å². The summed E-state index contributed by atoms with van der Waals surface area (Å²) < 4.78 is 2.15. The Morgan fingerprint density at radius 1 is 1.00 bits per heavy atom. The molecule has 0 saturated heterocycles. The summed E-state index contributed by atoms with van der Waals surface area (Å²) in [5.41, 5.74) is 1.05. The van der Waals surface area contributed by atoms with Gasteiger partial charge in [-0.05, 0) is 43.4 Å². The molecule has 2 heterocycles. The van der Waals surface area contributed by atoms with Gasteiger partial charge in [0, 0.05) is 35.2 Å². The summed E-state index contributed by atoms with van der Waals surface area (Å²) in [6.07, 6.45) is 4.65. The summed E-state index contributed by atoms with van der Waals surface area (Å²) in [5.74, 6) is 2.94. The maximum absolute atomic E-state index is 6.18. The van der Waals surface area contributed by atoms with E-state index in [4.69, 9.17) is 11.6 Å². The highest BCUT2D eigenvalue weighted by atomic mass is 35.5. The molecule has 0 spiro atoms. The Kier molecular flexibility index (Phi) is 6.78. The molecular formula is C18H19ClN4S2. The summed E-state index contributed by atoms with van der Waals surface area (Å²) in [6, 6.07) is 11.9. The Bertz CT molecular complexity index is 808. The highest BCUT2D eigenvalue weighted by Gasteiger charge is 2.12. The Labute approximate surface area is 161 Å². The molecule has 0 fully saturated rings. The second kappa shape index (κ2) is 9.27. The third-order valence-electron chi connectivity index (χ3n) is 3.59. The molecular weight excluding hydrogens is 372 g/mol. The van der Waals surface area contributed by atoms with E-state index < -0.39 is 0 Å². The van der Waals surface area contributed by atoms with E-state index >= 15 is 0 Å². The molecule has 130 valence electrons. The van der Waals surface area contributed by atoms with Crippen LogP contribution in [0.3, 0.4) is 0 Å². The van der Waals surface area contributed by atoms with E-state index in [1.807, 2.05) is 30.3 Å². The molecule has 0 bridgehead atoms. The monoisotopic (exact) mass is 390 g/mol. The van der Waals surface area contributed by atoms with Gasteiger partial charge in [-0.3, -0.25) is 4.98 Å². The molecule has 0 aliphatic carbocycles. The first-order chi connectivity index (χ1) is 12.3. The third kappa shape index (κ3) is 4.77. The van der Waals surface area contributed by atoms with Gasteiger partial charge in [0.1, 0.15) is 0 Å². The van der Waals surface area contributed by atoms with Gasteiger partial charge in [-0.15, -0.1) is 22.0 Å². The van der Waals surface area contributed by atoms with Gasteiger partial charge in [0.25, 0.3) is 0 Å². The maximum Gasteiger partial charge on any atom is 0.191 e. The molecule has 4 nitrogen and oxygen atoms in total. The molecule has 3 aromatic rings. The molecule has 0 aliphatic heterocycles. The van der Waals surface area contributed by atoms with Gasteiger partial charge >= 0.3 is 0 Å². The lowest BCUT2D eigenvalue weighted by Crippen LogP contribution is -2.00. The fourth-order valence-electron chi connectivity index (χ4n) is 2.36. The topological polar surface area (TPSA) is 43.6 Å². The fraction of sp³-hybridized carbons (Fsp3) is 0.278. The first-order valence-corrected chi connectivity index (χ1v) is 10.5. The van der Waals surface area contributed by atoms with Crippen LogP contribution in [0.1, 0.15) is 13.3 Å². The van der Waals surface area contributed by atoms with E-state index in [0.717, 1.165) is 50.9 Å². The van der Waals surface area contributed by atoms with Crippen molar-refractivity contribution in [1.82, 2.24) is 19.7 Å². The molecule has 7 heteroatoms. The summed E-state index contributed by atoms with van der Waals surface area (Å²) in [7, 11) is 0. The van der Waals surface area contributed by atoms with Crippen LogP contribution in [0.5, 0.6) is 0 Å². The van der Waals surface area contributed by atoms with Crippen LogP contribution < -0.4 is 0 Å². The zero-order chi connectivity index (χ0) is 17.5. The van der Waals surface area contributed by atoms with Crippen LogP contribution in [0, 0.1) is 0 Å². The number of pyridine rings is 1. The summed E-state index contributed by atoms with van der Waals surface area (Å²) in [6.45, 7) is 2.97. The summed E-state index contributed by atoms with van der Waals surface area (Å²) >= 11 is 9.73. The third-order valence-corrected chi connectivity index (χ3v) is 6.24. The van der Waals surface area contributed by atoms with Crippen LogP contribution in [-0.4, -0.2) is 31.3 Å². The number of hydrogen-bond donors (Lipinski definition) is 0. The van der Waals surface area contributed by atoms with Gasteiger partial charge in [0.15, 0.2) is 11.0 Å². The molecule has 3 rings (SSSR count). The first kappa shape index (κ1) is 18.3. The Morgan fingerprint density at radius 3 is 2.52 bits per heavy atom. The van der Waals surface area contributed by atoms with Gasteiger partial charge in [0.2, 0.25) is 0 Å². The van der Waals surface area contributed by atoms with Gasteiger partial charge < -0.3 is 4.57 Å². The van der Waals surface area contributed by atoms with Crippen LogP contribution in [0.25, 0.3) is 11.4 Å². The minimum atomic E-state index is 0.827. The van der Waals surface area contributed by atoms with Crippen LogP contribution in [-0.2, 0) is 6.54 Å². The lowest BCUT2D eigenvalue weighted by atomic mass is 10.2. The number of halogens is 1. The molecule has 0 N–H and O–H groups in total. The lowest BCUT2D eigenvalue weighted by Gasteiger charge is -2.07. The number of benzene rings is 1. The summed E-state index contributed by atoms with van der Waals surface area (Å²) in [4.78, 5) is 5.20. The number of nitrogens with zero attached hydrogens (tertiary/aromatic N) is 4. The normalized spacial score (nSPS) is 11.0. The lowest BCUT2D eigenvalue weighted by molar-refractivity contribution is 0.687. The van der Waals surface area contributed by atoms with Crippen molar-refractivity contribution in [2.24, 2.45) is 0 Å². The molecule has 0 unspecified atom stereocenters. The highest BCUT2D eigenvalue weighted by Crippen LogP contribution is 2.28. The van der Waals surface area contributed by atoms with Crippen molar-refractivity contribution in [1.29, 1.82) is 0 Å². The van der Waals surface area contributed by atoms with E-state index in [2.05, 4.69) is 32.7 Å². The molecule has 2 aromatic heterocycles. The average molecular weight is 391 g/mol. The van der Waals surface area contributed by atoms with Crippen molar-refractivity contribution in [3.05, 3.63) is 53.8 Å². The van der Waals surface area contributed by atoms with Crippen LogP contribution in [0.4, 0.5) is 0 Å². The van der Waals surface area contributed by atoms with Crippen molar-refractivity contribution in [2.75, 3.05) is 11.5 Å². The van der Waals surface area contributed by atoms with Gasteiger partial charge in [-0.1, -0.05) is 35.5 Å². The second-order valence-electron chi connectivity index (χ2n) is 5.27. The minimum absolute atomic E-state index is 0.827. The molecule has 1 aromatic carbocycles. The quantitative estimate of drug-likeness (QED) is 0.386. The fourth-order valence-corrected chi connectivity index (χ4v) is 4.67. The van der Waals surface area contributed by atoms with Gasteiger partial charge in [-0.25, -0.2) is 0 Å². The van der Waals surface area contributed by atoms with Crippen LogP contribution in [0.2, 0.25) is 5.02 Å². The SMILES string of the molecule is CCn1c(SCCCSc2ccccc2Cl)nnc1-c1ccncc1. The zero-order valence-corrected chi connectivity index (χ0v) is 16.3. The number of rotatable bonds is 8. The molecule has 0 atom stereocenters. The van der Waals surface area contributed by atoms with Crippen molar-refractivity contribution < 1.29 is 0 Å². The number of aromatic nitrogens is 4. The molecule has 0 amide bonds. The van der Waals surface area contributed by atoms with Crippen molar-refractivity contribution in [3.8, 4) is 11.4 Å². The predicted octanol–water partition coefficient (Wildman–Crippen LogP) is 5.29. The molecule has 0 saturated carbocycles. The minimum Gasteiger partial charge on any atom is -0.302 e. The Hall–Kier alpha value is -1.50. The van der Waals surface area contributed by atoms with Crippen molar-refractivity contribution >= 4 is 35.1 Å². The van der Waals surface area contributed by atoms with Crippen LogP contribution in [0.15, 0.2) is 58.8 Å². The van der Waals surface area contributed by atoms with E-state index in [9.17, 15) is 0 Å². The summed E-state index contributed by atoms with van der Waals surface area (Å²) in [5, 5.41) is 10.5. The first-order valence-electron chi connectivity index (χ1n) is 8.13. The number of hydrogen-bond acceptors (Lipinski definition) is 5. The number of thioether (sulfide) groups is 2. The maximum atomic E-state index is 6.18. The standard InChI is InChI=1S/C18H19ClN4S2/c1-2-23-17(14-8-10-20-11-9-14)21-22-18(23)25-13-5-12-24-16-7-4-3-6-15(16)19/h3-4,6-11H,2,5,12-13H2,1H3. The second-order valence-corrected chi connectivity index (χ2v) is 7.87. The van der Waals surface area contributed by atoms with Gasteiger partial charge in [0.05, 0.1) is 5.02 Å². The van der Waals surface area contributed by atoms with E-state index in [0.29, 0.717) is 0 Å². The zero-order valence-electron chi connectivity index (χ0n) is 13.9. The molecule has 0 aliphatic rings. The van der Waals surface area contributed by atoms with Crippen LogP contribution >= 0.6 is 35.1 Å². The van der Waals surface area contributed by atoms with Crippen molar-refractivity contribution in [3.63, 3.8) is 0 Å². The van der Waals surface area contributed by atoms with Crippen molar-refractivity contribution in [2.45, 2.75) is 29.9 Å². The Morgan fingerprint density at radius 2 is 1.76 bits per heavy atom. The highest BCUT2D eigenvalue weighted by molar-refractivity contribution is 8.00. The van der Waals surface area contributed by atoms with E-state index in [1.54, 1.807) is 35.9 Å². The smallest absolute Gasteiger partial charge is 0.191 e. The average Bonchev–Trinajstić information content (AvgIpc) is 3.06. The molecule has 25 heavy (non-hydrogen) atoms. The predicted molar refractivity (Wildman–Crippen MR) is 106 cm³/mol. The van der Waals surface area contributed by atoms with E-state index in [1.165, 1.54) is 0 Å². The molecule has 0 radical (unpaired) electrons. The van der Waals surface area contributed by atoms with E-state index in [-0.39, 0.29) is 0 Å².